The second kappa shape index (κ2) is 4.95. The second-order valence-electron chi connectivity index (χ2n) is 3.57. The number of aryl methyl sites for hydroxylation is 1. The van der Waals surface area contributed by atoms with Crippen molar-refractivity contribution in [3.8, 4) is 11.6 Å². The van der Waals surface area contributed by atoms with E-state index in [4.69, 9.17) is 4.74 Å². The van der Waals surface area contributed by atoms with E-state index in [1.807, 2.05) is 0 Å². The van der Waals surface area contributed by atoms with Gasteiger partial charge in [-0.1, -0.05) is 0 Å². The van der Waals surface area contributed by atoms with Crippen LogP contribution in [0.5, 0.6) is 11.6 Å². The third kappa shape index (κ3) is 2.71. The SMILES string of the molecule is CNc1cc(Oc2ccc(F)cc2F)nc(C)n1. The van der Waals surface area contributed by atoms with E-state index in [1.54, 1.807) is 14.0 Å². The van der Waals surface area contributed by atoms with Gasteiger partial charge in [0.05, 0.1) is 0 Å². The zero-order chi connectivity index (χ0) is 13.1. The van der Waals surface area contributed by atoms with Crippen LogP contribution in [0.1, 0.15) is 5.82 Å². The number of benzene rings is 1. The summed E-state index contributed by atoms with van der Waals surface area (Å²) in [6.45, 7) is 1.69. The van der Waals surface area contributed by atoms with Gasteiger partial charge in [-0.25, -0.2) is 13.8 Å². The van der Waals surface area contributed by atoms with E-state index in [1.165, 1.54) is 12.1 Å². The summed E-state index contributed by atoms with van der Waals surface area (Å²) in [5, 5.41) is 2.83. The highest BCUT2D eigenvalue weighted by Crippen LogP contribution is 2.24. The Labute approximate surface area is 103 Å². The maximum atomic E-state index is 13.4. The van der Waals surface area contributed by atoms with E-state index in [2.05, 4.69) is 15.3 Å². The van der Waals surface area contributed by atoms with Gasteiger partial charge in [-0.15, -0.1) is 0 Å². The average molecular weight is 251 g/mol. The maximum absolute atomic E-state index is 13.4. The molecule has 0 saturated heterocycles. The normalized spacial score (nSPS) is 10.2. The van der Waals surface area contributed by atoms with Crippen LogP contribution in [-0.2, 0) is 0 Å². The lowest BCUT2D eigenvalue weighted by atomic mass is 10.3. The number of rotatable bonds is 3. The molecule has 94 valence electrons. The first-order valence-corrected chi connectivity index (χ1v) is 5.25. The highest BCUT2D eigenvalue weighted by Gasteiger charge is 2.08. The predicted octanol–water partition coefficient (Wildman–Crippen LogP) is 2.90. The van der Waals surface area contributed by atoms with Crippen LogP contribution in [0.4, 0.5) is 14.6 Å². The highest BCUT2D eigenvalue weighted by atomic mass is 19.1. The Morgan fingerprint density at radius 2 is 1.94 bits per heavy atom. The fourth-order valence-corrected chi connectivity index (χ4v) is 1.39. The Balaban J connectivity index is 2.30. The molecule has 0 aliphatic heterocycles. The molecule has 0 unspecified atom stereocenters. The Hall–Kier alpha value is -2.24. The van der Waals surface area contributed by atoms with E-state index < -0.39 is 11.6 Å². The molecular formula is C12H11F2N3O. The average Bonchev–Trinajstić information content (AvgIpc) is 2.32. The molecule has 2 aromatic rings. The molecule has 0 aliphatic rings. The van der Waals surface area contributed by atoms with Gasteiger partial charge in [0, 0.05) is 19.2 Å². The molecule has 18 heavy (non-hydrogen) atoms. The molecule has 0 aliphatic carbocycles. The summed E-state index contributed by atoms with van der Waals surface area (Å²) < 4.78 is 31.4. The fraction of sp³-hybridized carbons (Fsp3) is 0.167. The molecule has 1 aromatic carbocycles. The minimum absolute atomic E-state index is 0.0865. The summed E-state index contributed by atoms with van der Waals surface area (Å²) in [4.78, 5) is 8.08. The van der Waals surface area contributed by atoms with Crippen LogP contribution < -0.4 is 10.1 Å². The summed E-state index contributed by atoms with van der Waals surface area (Å²) in [5.41, 5.74) is 0. The monoisotopic (exact) mass is 251 g/mol. The molecule has 0 amide bonds. The smallest absolute Gasteiger partial charge is 0.224 e. The van der Waals surface area contributed by atoms with Gasteiger partial charge in [0.15, 0.2) is 11.6 Å². The Morgan fingerprint density at radius 3 is 2.61 bits per heavy atom. The lowest BCUT2D eigenvalue weighted by Crippen LogP contribution is -1.99. The Bertz CT molecular complexity index is 575. The van der Waals surface area contributed by atoms with Gasteiger partial charge in [0.25, 0.3) is 0 Å². The summed E-state index contributed by atoms with van der Waals surface area (Å²) in [6, 6.07) is 4.60. The van der Waals surface area contributed by atoms with Crippen molar-refractivity contribution < 1.29 is 13.5 Å². The van der Waals surface area contributed by atoms with E-state index in [0.717, 1.165) is 12.1 Å². The van der Waals surface area contributed by atoms with Crippen LogP contribution in [0, 0.1) is 18.6 Å². The number of aromatic nitrogens is 2. The highest BCUT2D eigenvalue weighted by molar-refractivity contribution is 5.39. The molecular weight excluding hydrogens is 240 g/mol. The zero-order valence-electron chi connectivity index (χ0n) is 9.87. The number of nitrogens with one attached hydrogen (secondary N) is 1. The summed E-state index contributed by atoms with van der Waals surface area (Å²) in [5.74, 6) is -0.291. The van der Waals surface area contributed by atoms with Crippen molar-refractivity contribution in [2.24, 2.45) is 0 Å². The molecule has 0 spiro atoms. The molecule has 2 rings (SSSR count). The molecule has 0 atom stereocenters. The first-order valence-electron chi connectivity index (χ1n) is 5.25. The van der Waals surface area contributed by atoms with Crippen LogP contribution in [0.15, 0.2) is 24.3 Å². The number of ether oxygens (including phenoxy) is 1. The molecule has 1 heterocycles. The van der Waals surface area contributed by atoms with Crippen LogP contribution in [0.25, 0.3) is 0 Å². The lowest BCUT2D eigenvalue weighted by Gasteiger charge is -2.08. The predicted molar refractivity (Wildman–Crippen MR) is 62.7 cm³/mol. The molecule has 1 N–H and O–H groups in total. The van der Waals surface area contributed by atoms with Crippen molar-refractivity contribution in [1.29, 1.82) is 0 Å². The number of hydrogen-bond acceptors (Lipinski definition) is 4. The second-order valence-corrected chi connectivity index (χ2v) is 3.57. The molecule has 6 heteroatoms. The quantitative estimate of drug-likeness (QED) is 0.911. The molecule has 0 fully saturated rings. The molecule has 0 bridgehead atoms. The molecule has 0 saturated carbocycles. The van der Waals surface area contributed by atoms with Crippen molar-refractivity contribution in [1.82, 2.24) is 9.97 Å². The number of hydrogen-bond donors (Lipinski definition) is 1. The number of anilines is 1. The van der Waals surface area contributed by atoms with Gasteiger partial charge in [-0.2, -0.15) is 4.98 Å². The van der Waals surface area contributed by atoms with Gasteiger partial charge < -0.3 is 10.1 Å². The topological polar surface area (TPSA) is 47.0 Å². The van der Waals surface area contributed by atoms with Crippen LogP contribution >= 0.6 is 0 Å². The van der Waals surface area contributed by atoms with Gasteiger partial charge >= 0.3 is 0 Å². The first kappa shape index (κ1) is 12.2. The van der Waals surface area contributed by atoms with Gasteiger partial charge in [-0.05, 0) is 19.1 Å². The van der Waals surface area contributed by atoms with E-state index in [-0.39, 0.29) is 11.6 Å². The Morgan fingerprint density at radius 1 is 1.17 bits per heavy atom. The third-order valence-corrected chi connectivity index (χ3v) is 2.18. The standard InChI is InChI=1S/C12H11F2N3O/c1-7-16-11(15-2)6-12(17-7)18-10-4-3-8(13)5-9(10)14/h3-6H,1-2H3,(H,15,16,17). The molecule has 1 aromatic heterocycles. The van der Waals surface area contributed by atoms with Crippen molar-refractivity contribution in [3.63, 3.8) is 0 Å². The summed E-state index contributed by atoms with van der Waals surface area (Å²) in [6.07, 6.45) is 0. The lowest BCUT2D eigenvalue weighted by molar-refractivity contribution is 0.422. The molecule has 4 nitrogen and oxygen atoms in total. The van der Waals surface area contributed by atoms with Crippen LogP contribution in [0.2, 0.25) is 0 Å². The van der Waals surface area contributed by atoms with Gasteiger partial charge in [0.2, 0.25) is 5.88 Å². The Kier molecular flexibility index (Phi) is 3.36. The van der Waals surface area contributed by atoms with Crippen molar-refractivity contribution >= 4 is 5.82 Å². The maximum Gasteiger partial charge on any atom is 0.224 e. The summed E-state index contributed by atoms with van der Waals surface area (Å²) >= 11 is 0. The van der Waals surface area contributed by atoms with Crippen molar-refractivity contribution in [2.75, 3.05) is 12.4 Å². The third-order valence-electron chi connectivity index (χ3n) is 2.18. The van der Waals surface area contributed by atoms with Crippen LogP contribution in [-0.4, -0.2) is 17.0 Å². The minimum atomic E-state index is -0.780. The minimum Gasteiger partial charge on any atom is -0.436 e. The van der Waals surface area contributed by atoms with E-state index in [9.17, 15) is 8.78 Å². The van der Waals surface area contributed by atoms with Gasteiger partial charge in [-0.3, -0.25) is 0 Å². The summed E-state index contributed by atoms with van der Waals surface area (Å²) in [7, 11) is 1.70. The zero-order valence-corrected chi connectivity index (χ0v) is 9.87. The van der Waals surface area contributed by atoms with Crippen molar-refractivity contribution in [2.45, 2.75) is 6.92 Å². The number of nitrogens with zero attached hydrogens (tertiary/aromatic N) is 2. The largest absolute Gasteiger partial charge is 0.436 e. The van der Waals surface area contributed by atoms with Gasteiger partial charge in [0.1, 0.15) is 17.5 Å². The first-order chi connectivity index (χ1) is 8.58. The van der Waals surface area contributed by atoms with Crippen molar-refractivity contribution in [3.05, 3.63) is 41.7 Å². The van der Waals surface area contributed by atoms with E-state index in [0.29, 0.717) is 11.6 Å². The van der Waals surface area contributed by atoms with E-state index >= 15 is 0 Å². The fourth-order valence-electron chi connectivity index (χ4n) is 1.39. The molecule has 0 radical (unpaired) electrons. The van der Waals surface area contributed by atoms with Crippen LogP contribution in [0.3, 0.4) is 0 Å². The number of halogens is 2.